The Morgan fingerprint density at radius 3 is 2.31 bits per heavy atom. The van der Waals surface area contributed by atoms with Gasteiger partial charge in [0.05, 0.1) is 17.3 Å². The highest BCUT2D eigenvalue weighted by Gasteiger charge is 2.64. The number of anilines is 2. The first-order valence-electron chi connectivity index (χ1n) is 11.2. The van der Waals surface area contributed by atoms with Crippen LogP contribution in [0.3, 0.4) is 0 Å². The summed E-state index contributed by atoms with van der Waals surface area (Å²) in [5.41, 5.74) is 3.38. The van der Waals surface area contributed by atoms with Crippen molar-refractivity contribution >= 4 is 34.6 Å². The molecule has 3 aliphatic rings. The summed E-state index contributed by atoms with van der Waals surface area (Å²) in [5, 5.41) is 47.5. The molecule has 4 rings (SSSR count). The van der Waals surface area contributed by atoms with Gasteiger partial charge in [-0.3, -0.25) is 19.3 Å². The standard InChI is InChI=1S/C24H30N4O7/c1-26-12-8-13(27(2)3)10-6-9-7-11-17(28(4)5)20(31)16(23(25)34)22(33)24(11,35)21(32)14(9)19(30)15(10)18(12)29/h8-9,11,17,26,29-30,33,35H,6-7H2,1-5H3,(H2,25,34)/t9-,11-,17?,24-/m0/s1. The number of phenols is 1. The second-order valence-electron chi connectivity index (χ2n) is 9.75. The lowest BCUT2D eigenvalue weighted by atomic mass is 9.57. The lowest BCUT2D eigenvalue weighted by Crippen LogP contribution is -2.65. The molecule has 7 N–H and O–H groups in total. The molecule has 1 amide bonds. The highest BCUT2D eigenvalue weighted by molar-refractivity contribution is 6.24. The van der Waals surface area contributed by atoms with Gasteiger partial charge in [0, 0.05) is 38.3 Å². The summed E-state index contributed by atoms with van der Waals surface area (Å²) >= 11 is 0. The molecule has 188 valence electrons. The summed E-state index contributed by atoms with van der Waals surface area (Å²) in [6, 6.07) is 0.620. The molecule has 35 heavy (non-hydrogen) atoms. The van der Waals surface area contributed by atoms with E-state index < -0.39 is 58.0 Å². The number of carbonyl (C=O) groups excluding carboxylic acids is 3. The van der Waals surface area contributed by atoms with Crippen LogP contribution in [0.25, 0.3) is 5.76 Å². The molecule has 0 bridgehead atoms. The molecule has 1 fully saturated rings. The number of nitrogens with one attached hydrogen (secondary N) is 1. The number of rotatable bonds is 4. The smallest absolute Gasteiger partial charge is 0.255 e. The van der Waals surface area contributed by atoms with Gasteiger partial charge in [0.25, 0.3) is 5.91 Å². The fraction of sp³-hybridized carbons (Fsp3) is 0.458. The van der Waals surface area contributed by atoms with Crippen molar-refractivity contribution in [2.45, 2.75) is 24.5 Å². The molecule has 0 aromatic heterocycles. The van der Waals surface area contributed by atoms with E-state index in [1.807, 2.05) is 19.0 Å². The van der Waals surface area contributed by atoms with Gasteiger partial charge in [-0.05, 0) is 44.5 Å². The molecule has 0 heterocycles. The Kier molecular flexibility index (Phi) is 5.61. The van der Waals surface area contributed by atoms with Crippen molar-refractivity contribution < 1.29 is 34.8 Å². The number of ketones is 2. The summed E-state index contributed by atoms with van der Waals surface area (Å²) < 4.78 is 0. The third-order valence-corrected chi connectivity index (χ3v) is 7.45. The zero-order valence-corrected chi connectivity index (χ0v) is 20.2. The Balaban J connectivity index is 2.01. The minimum atomic E-state index is -2.65. The number of phenolic OH excluding ortho intramolecular Hbond substituents is 1. The van der Waals surface area contributed by atoms with Gasteiger partial charge in [0.15, 0.2) is 11.4 Å². The summed E-state index contributed by atoms with van der Waals surface area (Å²) in [5.74, 6) is -6.67. The minimum Gasteiger partial charge on any atom is -0.508 e. The quantitative estimate of drug-likeness (QED) is 0.252. The van der Waals surface area contributed by atoms with Crippen molar-refractivity contribution in [1.29, 1.82) is 0 Å². The molecule has 3 aliphatic carbocycles. The summed E-state index contributed by atoms with van der Waals surface area (Å²) in [7, 11) is 8.35. The number of aliphatic hydroxyl groups excluding tert-OH is 2. The number of nitrogens with two attached hydrogens (primary N) is 1. The minimum absolute atomic E-state index is 0.0488. The fourth-order valence-corrected chi connectivity index (χ4v) is 5.88. The molecule has 0 aliphatic heterocycles. The number of aliphatic hydroxyl groups is 3. The van der Waals surface area contributed by atoms with Crippen LogP contribution in [0, 0.1) is 11.8 Å². The van der Waals surface area contributed by atoms with Crippen LogP contribution in [0.4, 0.5) is 11.4 Å². The molecule has 1 unspecified atom stereocenters. The van der Waals surface area contributed by atoms with Gasteiger partial charge >= 0.3 is 0 Å². The van der Waals surface area contributed by atoms with E-state index in [9.17, 15) is 34.8 Å². The zero-order chi connectivity index (χ0) is 26.1. The van der Waals surface area contributed by atoms with Gasteiger partial charge in [-0.15, -0.1) is 0 Å². The van der Waals surface area contributed by atoms with E-state index in [2.05, 4.69) is 5.32 Å². The highest BCUT2D eigenvalue weighted by atomic mass is 16.3. The molecule has 1 aromatic rings. The number of primary amides is 1. The van der Waals surface area contributed by atoms with Gasteiger partial charge in [-0.25, -0.2) is 0 Å². The van der Waals surface area contributed by atoms with E-state index in [-0.39, 0.29) is 29.7 Å². The van der Waals surface area contributed by atoms with Crippen LogP contribution in [-0.2, 0) is 20.8 Å². The number of hydrogen-bond acceptors (Lipinski definition) is 10. The number of likely N-dealkylation sites (N-methyl/N-ethyl adjacent to an activating group) is 1. The summed E-state index contributed by atoms with van der Waals surface area (Å²) in [6.07, 6.45) is 0.285. The van der Waals surface area contributed by atoms with Crippen LogP contribution in [-0.4, -0.2) is 89.7 Å². The maximum absolute atomic E-state index is 13.8. The first-order chi connectivity index (χ1) is 16.3. The normalized spacial score (nSPS) is 28.0. The van der Waals surface area contributed by atoms with Gasteiger partial charge < -0.3 is 36.4 Å². The molecule has 11 nitrogen and oxygen atoms in total. The van der Waals surface area contributed by atoms with E-state index >= 15 is 0 Å². The monoisotopic (exact) mass is 486 g/mol. The van der Waals surface area contributed by atoms with Gasteiger partial charge in [0.1, 0.15) is 22.8 Å². The summed E-state index contributed by atoms with van der Waals surface area (Å²) in [4.78, 5) is 42.3. The van der Waals surface area contributed by atoms with Crippen molar-refractivity contribution in [1.82, 2.24) is 4.90 Å². The van der Waals surface area contributed by atoms with Crippen LogP contribution in [0.5, 0.6) is 5.75 Å². The Morgan fingerprint density at radius 2 is 1.80 bits per heavy atom. The number of carbonyl (C=O) groups is 3. The van der Waals surface area contributed by atoms with Gasteiger partial charge in [-0.1, -0.05) is 0 Å². The maximum Gasteiger partial charge on any atom is 0.255 e. The topological polar surface area (TPSA) is 177 Å². The number of fused-ring (bicyclic) bond motifs is 3. The number of hydrogen-bond donors (Lipinski definition) is 6. The number of benzene rings is 1. The number of amides is 1. The van der Waals surface area contributed by atoms with Crippen molar-refractivity contribution in [3.8, 4) is 5.75 Å². The number of Topliss-reactive ketones (excluding diaryl/α,β-unsaturated/α-hetero) is 2. The van der Waals surface area contributed by atoms with E-state index in [4.69, 9.17) is 5.73 Å². The molecule has 0 saturated heterocycles. The predicted octanol–water partition coefficient (Wildman–Crippen LogP) is 0.0717. The van der Waals surface area contributed by atoms with E-state index in [1.165, 1.54) is 4.90 Å². The van der Waals surface area contributed by atoms with Crippen LogP contribution in [0.2, 0.25) is 0 Å². The molecule has 11 heteroatoms. The average molecular weight is 487 g/mol. The van der Waals surface area contributed by atoms with Crippen molar-refractivity contribution in [2.75, 3.05) is 45.5 Å². The predicted molar refractivity (Wildman–Crippen MR) is 128 cm³/mol. The lowest BCUT2D eigenvalue weighted by Gasteiger charge is -2.50. The number of nitrogens with zero attached hydrogens (tertiary/aromatic N) is 2. The Morgan fingerprint density at radius 1 is 1.17 bits per heavy atom. The highest BCUT2D eigenvalue weighted by Crippen LogP contribution is 2.54. The third kappa shape index (κ3) is 3.15. The van der Waals surface area contributed by atoms with Crippen LogP contribution in [0.1, 0.15) is 17.5 Å². The van der Waals surface area contributed by atoms with Crippen molar-refractivity contribution in [3.63, 3.8) is 0 Å². The number of aromatic hydroxyl groups is 1. The summed E-state index contributed by atoms with van der Waals surface area (Å²) in [6.45, 7) is 0. The Bertz CT molecular complexity index is 1230. The molecule has 4 atom stereocenters. The van der Waals surface area contributed by atoms with Crippen LogP contribution >= 0.6 is 0 Å². The molecule has 0 spiro atoms. The van der Waals surface area contributed by atoms with E-state index in [0.29, 0.717) is 16.9 Å². The SMILES string of the molecule is CNc1cc(N(C)C)c2c(c1O)C(O)=C1C(=O)[C@]3(O)C(O)=C(C(N)=O)C(=O)C(N(C)C)[C@@H]3C[C@@H]1C2. The molecule has 0 radical (unpaired) electrons. The van der Waals surface area contributed by atoms with Crippen molar-refractivity contribution in [2.24, 2.45) is 17.6 Å². The Labute approximate surface area is 202 Å². The maximum atomic E-state index is 13.8. The van der Waals surface area contributed by atoms with E-state index in [1.54, 1.807) is 27.2 Å². The van der Waals surface area contributed by atoms with E-state index in [0.717, 1.165) is 0 Å². The second kappa shape index (κ2) is 7.99. The molecule has 1 saturated carbocycles. The fourth-order valence-electron chi connectivity index (χ4n) is 5.88. The lowest BCUT2D eigenvalue weighted by molar-refractivity contribution is -0.153. The first kappa shape index (κ1) is 24.6. The average Bonchev–Trinajstić information content (AvgIpc) is 2.75. The van der Waals surface area contributed by atoms with Crippen molar-refractivity contribution in [3.05, 3.63) is 34.1 Å². The zero-order valence-electron chi connectivity index (χ0n) is 20.2. The first-order valence-corrected chi connectivity index (χ1v) is 11.2. The van der Waals surface area contributed by atoms with Gasteiger partial charge in [0.2, 0.25) is 5.78 Å². The Hall–Kier alpha value is -3.57. The molecular formula is C24H30N4O7. The third-order valence-electron chi connectivity index (χ3n) is 7.45. The molecule has 1 aromatic carbocycles. The second-order valence-corrected chi connectivity index (χ2v) is 9.75. The largest absolute Gasteiger partial charge is 0.508 e. The van der Waals surface area contributed by atoms with Crippen LogP contribution < -0.4 is 16.0 Å². The van der Waals surface area contributed by atoms with Gasteiger partial charge in [-0.2, -0.15) is 0 Å². The van der Waals surface area contributed by atoms with Crippen LogP contribution in [0.15, 0.2) is 23.0 Å². The molecular weight excluding hydrogens is 456 g/mol.